The topological polar surface area (TPSA) is 52.6 Å². The lowest BCUT2D eigenvalue weighted by molar-refractivity contribution is -0.195. The summed E-state index contributed by atoms with van der Waals surface area (Å²) < 4.78 is 39.6. The number of nitrogens with zero attached hydrogens (tertiary/aromatic N) is 1. The monoisotopic (exact) mass is 344 g/mol. The molecule has 0 spiro atoms. The van der Waals surface area contributed by atoms with Crippen molar-refractivity contribution in [3.8, 4) is 5.75 Å². The maximum Gasteiger partial charge on any atom is 0.393 e. The molecule has 2 amide bonds. The molecule has 1 aliphatic carbocycles. The number of rotatable bonds is 3. The SMILES string of the molecule is C[C@H](NC(=O)N(C)[C@H]1CCCC[C@H]1C(F)(F)F)c1cccc(O)c1. The summed E-state index contributed by atoms with van der Waals surface area (Å²) in [5.41, 5.74) is 0.688. The van der Waals surface area contributed by atoms with Crippen LogP contribution >= 0.6 is 0 Å². The fourth-order valence-electron chi connectivity index (χ4n) is 3.27. The van der Waals surface area contributed by atoms with Crippen molar-refractivity contribution in [2.24, 2.45) is 5.92 Å². The van der Waals surface area contributed by atoms with Crippen LogP contribution in [0.25, 0.3) is 0 Å². The average Bonchev–Trinajstić information content (AvgIpc) is 2.53. The maximum atomic E-state index is 13.2. The number of hydrogen-bond donors (Lipinski definition) is 2. The first kappa shape index (κ1) is 18.4. The van der Waals surface area contributed by atoms with Crippen molar-refractivity contribution in [1.82, 2.24) is 10.2 Å². The summed E-state index contributed by atoms with van der Waals surface area (Å²) in [6, 6.07) is 4.63. The second-order valence-electron chi connectivity index (χ2n) is 6.38. The number of hydrogen-bond acceptors (Lipinski definition) is 2. The second-order valence-corrected chi connectivity index (χ2v) is 6.38. The lowest BCUT2D eigenvalue weighted by atomic mass is 9.83. The predicted octanol–water partition coefficient (Wildman–Crippen LogP) is 4.22. The number of carbonyl (C=O) groups is 1. The van der Waals surface area contributed by atoms with Gasteiger partial charge in [-0.2, -0.15) is 13.2 Å². The zero-order valence-corrected chi connectivity index (χ0v) is 13.8. The summed E-state index contributed by atoms with van der Waals surface area (Å²) in [4.78, 5) is 13.5. The summed E-state index contributed by atoms with van der Waals surface area (Å²) in [6.45, 7) is 1.72. The van der Waals surface area contributed by atoms with Gasteiger partial charge in [0.2, 0.25) is 0 Å². The van der Waals surface area contributed by atoms with Crippen molar-refractivity contribution in [1.29, 1.82) is 0 Å². The van der Waals surface area contributed by atoms with Crippen molar-refractivity contribution < 1.29 is 23.1 Å². The number of halogens is 3. The first-order valence-corrected chi connectivity index (χ1v) is 8.09. The molecule has 1 saturated carbocycles. The highest BCUT2D eigenvalue weighted by Crippen LogP contribution is 2.39. The summed E-state index contributed by atoms with van der Waals surface area (Å²) >= 11 is 0. The Labute approximate surface area is 139 Å². The molecule has 0 radical (unpaired) electrons. The first-order chi connectivity index (χ1) is 11.2. The van der Waals surface area contributed by atoms with Crippen molar-refractivity contribution in [2.75, 3.05) is 7.05 Å². The van der Waals surface area contributed by atoms with Gasteiger partial charge in [-0.15, -0.1) is 0 Å². The van der Waals surface area contributed by atoms with Crippen LogP contribution < -0.4 is 5.32 Å². The number of urea groups is 1. The van der Waals surface area contributed by atoms with Gasteiger partial charge < -0.3 is 15.3 Å². The molecular weight excluding hydrogens is 321 g/mol. The van der Waals surface area contributed by atoms with Crippen LogP contribution in [0.5, 0.6) is 5.75 Å². The maximum absolute atomic E-state index is 13.2. The smallest absolute Gasteiger partial charge is 0.393 e. The van der Waals surface area contributed by atoms with E-state index in [-0.39, 0.29) is 12.2 Å². The Morgan fingerprint density at radius 1 is 1.33 bits per heavy atom. The minimum Gasteiger partial charge on any atom is -0.508 e. The molecule has 7 heteroatoms. The highest BCUT2D eigenvalue weighted by atomic mass is 19.4. The molecule has 4 nitrogen and oxygen atoms in total. The number of phenols is 1. The Morgan fingerprint density at radius 3 is 2.62 bits per heavy atom. The predicted molar refractivity (Wildman–Crippen MR) is 84.6 cm³/mol. The quantitative estimate of drug-likeness (QED) is 0.863. The molecule has 0 bridgehead atoms. The Bertz CT molecular complexity index is 577. The van der Waals surface area contributed by atoms with Crippen molar-refractivity contribution in [3.05, 3.63) is 29.8 Å². The van der Waals surface area contributed by atoms with Gasteiger partial charge in [0, 0.05) is 13.1 Å². The molecular formula is C17H23F3N2O2. The molecule has 0 unspecified atom stereocenters. The van der Waals surface area contributed by atoms with Crippen molar-refractivity contribution >= 4 is 6.03 Å². The van der Waals surface area contributed by atoms with Crippen LogP contribution in [0.4, 0.5) is 18.0 Å². The summed E-state index contributed by atoms with van der Waals surface area (Å²) in [6.07, 6.45) is -2.65. The largest absolute Gasteiger partial charge is 0.508 e. The average molecular weight is 344 g/mol. The molecule has 0 aliphatic heterocycles. The van der Waals surface area contributed by atoms with Crippen LogP contribution in [0.3, 0.4) is 0 Å². The Kier molecular flexibility index (Phi) is 5.62. The number of phenolic OH excluding ortho intramolecular Hbond substituents is 1. The number of benzene rings is 1. The lowest BCUT2D eigenvalue weighted by Gasteiger charge is -2.39. The molecule has 2 N–H and O–H groups in total. The fraction of sp³-hybridized carbons (Fsp3) is 0.588. The molecule has 24 heavy (non-hydrogen) atoms. The highest BCUT2D eigenvalue weighted by molar-refractivity contribution is 5.74. The van der Waals surface area contributed by atoms with Gasteiger partial charge >= 0.3 is 12.2 Å². The molecule has 134 valence electrons. The zero-order valence-electron chi connectivity index (χ0n) is 13.8. The standard InChI is InChI=1S/C17H23F3N2O2/c1-11(12-6-5-7-13(23)10-12)21-16(24)22(2)15-9-4-3-8-14(15)17(18,19)20/h5-7,10-11,14-15,23H,3-4,8-9H2,1-2H3,(H,21,24)/t11-,14+,15-/m0/s1. The van der Waals surface area contributed by atoms with E-state index < -0.39 is 30.2 Å². The Hall–Kier alpha value is -1.92. The normalized spacial score (nSPS) is 22.7. The summed E-state index contributed by atoms with van der Waals surface area (Å²) in [5.74, 6) is -1.40. The van der Waals surface area contributed by atoms with Gasteiger partial charge in [-0.3, -0.25) is 0 Å². The van der Waals surface area contributed by atoms with Gasteiger partial charge in [-0.1, -0.05) is 25.0 Å². The van der Waals surface area contributed by atoms with Gasteiger partial charge in [0.25, 0.3) is 0 Å². The van der Waals surface area contributed by atoms with E-state index in [1.807, 2.05) is 0 Å². The third kappa shape index (κ3) is 4.33. The van der Waals surface area contributed by atoms with E-state index in [0.717, 1.165) is 0 Å². The molecule has 0 saturated heterocycles. The minimum atomic E-state index is -4.30. The molecule has 0 heterocycles. The van der Waals surface area contributed by atoms with Gasteiger partial charge in [0.05, 0.1) is 12.0 Å². The van der Waals surface area contributed by atoms with E-state index in [4.69, 9.17) is 0 Å². The van der Waals surface area contributed by atoms with Crippen molar-refractivity contribution in [2.45, 2.75) is 50.9 Å². The zero-order chi connectivity index (χ0) is 17.9. The second kappa shape index (κ2) is 7.32. The van der Waals surface area contributed by atoms with Crippen LogP contribution in [-0.2, 0) is 0 Å². The van der Waals surface area contributed by atoms with E-state index in [0.29, 0.717) is 24.8 Å². The van der Waals surface area contributed by atoms with E-state index in [2.05, 4.69) is 5.32 Å². The van der Waals surface area contributed by atoms with Gasteiger partial charge in [-0.25, -0.2) is 4.79 Å². The number of carbonyl (C=O) groups excluding carboxylic acids is 1. The van der Waals surface area contributed by atoms with E-state index in [1.165, 1.54) is 24.1 Å². The summed E-state index contributed by atoms with van der Waals surface area (Å²) in [7, 11) is 1.42. The minimum absolute atomic E-state index is 0.0634. The lowest BCUT2D eigenvalue weighted by Crippen LogP contribution is -2.51. The van der Waals surface area contributed by atoms with E-state index in [1.54, 1.807) is 19.1 Å². The van der Waals surface area contributed by atoms with E-state index in [9.17, 15) is 23.1 Å². The van der Waals surface area contributed by atoms with Gasteiger partial charge in [0.1, 0.15) is 5.75 Å². The molecule has 1 aliphatic rings. The van der Waals surface area contributed by atoms with Crippen molar-refractivity contribution in [3.63, 3.8) is 0 Å². The number of alkyl halides is 3. The molecule has 1 aromatic carbocycles. The Balaban J connectivity index is 2.05. The van der Waals surface area contributed by atoms with Crippen LogP contribution in [0, 0.1) is 5.92 Å². The Morgan fingerprint density at radius 2 is 2.00 bits per heavy atom. The van der Waals surface area contributed by atoms with Gasteiger partial charge in [-0.05, 0) is 37.5 Å². The van der Waals surface area contributed by atoms with Crippen LogP contribution in [0.15, 0.2) is 24.3 Å². The fourth-order valence-corrected chi connectivity index (χ4v) is 3.27. The molecule has 0 aromatic heterocycles. The first-order valence-electron chi connectivity index (χ1n) is 8.09. The highest BCUT2D eigenvalue weighted by Gasteiger charge is 2.47. The summed E-state index contributed by atoms with van der Waals surface area (Å²) in [5, 5.41) is 12.2. The number of aromatic hydroxyl groups is 1. The van der Waals surface area contributed by atoms with E-state index >= 15 is 0 Å². The number of amides is 2. The molecule has 1 fully saturated rings. The van der Waals surface area contributed by atoms with Crippen LogP contribution in [0.2, 0.25) is 0 Å². The molecule has 1 aromatic rings. The third-order valence-electron chi connectivity index (χ3n) is 4.68. The van der Waals surface area contributed by atoms with Gasteiger partial charge in [0.15, 0.2) is 0 Å². The van der Waals surface area contributed by atoms with Crippen LogP contribution in [-0.4, -0.2) is 35.3 Å². The molecule has 2 rings (SSSR count). The van der Waals surface area contributed by atoms with Crippen LogP contribution in [0.1, 0.15) is 44.2 Å². The number of nitrogens with one attached hydrogen (secondary N) is 1. The molecule has 3 atom stereocenters. The third-order valence-corrected chi connectivity index (χ3v) is 4.68.